The molecular weight excluding hydrogens is 240 g/mol. The second-order valence-corrected chi connectivity index (χ2v) is 3.56. The smallest absolute Gasteiger partial charge is 0.230 e. The number of rotatable bonds is 8. The lowest BCUT2D eigenvalue weighted by atomic mass is 10.3. The Balaban J connectivity index is 3.67. The van der Waals surface area contributed by atoms with Crippen LogP contribution in [0.2, 0.25) is 0 Å². The minimum Gasteiger partial charge on any atom is -0.343 e. The summed E-state index contributed by atoms with van der Waals surface area (Å²) in [4.78, 5) is 43.9. The molecule has 0 atom stereocenters. The number of hydrogen-bond acceptors (Lipinski definition) is 5. The lowest BCUT2D eigenvalue weighted by Gasteiger charge is -2.07. The van der Waals surface area contributed by atoms with Crippen molar-refractivity contribution in [1.29, 1.82) is 0 Å². The van der Waals surface area contributed by atoms with Crippen molar-refractivity contribution >= 4 is 23.5 Å². The van der Waals surface area contributed by atoms with Crippen LogP contribution in [-0.4, -0.2) is 43.9 Å². The van der Waals surface area contributed by atoms with Crippen LogP contribution in [0.4, 0.5) is 0 Å². The zero-order valence-electron chi connectivity index (χ0n) is 10.5. The van der Waals surface area contributed by atoms with Gasteiger partial charge in [0.05, 0.1) is 19.8 Å². The molecule has 0 saturated heterocycles. The van der Waals surface area contributed by atoms with Gasteiger partial charge in [0.15, 0.2) is 0 Å². The van der Waals surface area contributed by atoms with Crippen molar-refractivity contribution in [3.05, 3.63) is 0 Å². The molecule has 102 valence electrons. The molecule has 18 heavy (non-hydrogen) atoms. The Morgan fingerprint density at radius 3 is 1.67 bits per heavy atom. The largest absolute Gasteiger partial charge is 0.343 e. The van der Waals surface area contributed by atoms with Crippen LogP contribution < -0.4 is 21.3 Å². The second kappa shape index (κ2) is 9.11. The predicted molar refractivity (Wildman–Crippen MR) is 63.1 cm³/mol. The molecule has 3 amide bonds. The van der Waals surface area contributed by atoms with Crippen molar-refractivity contribution in [2.24, 2.45) is 0 Å². The first kappa shape index (κ1) is 16.0. The maximum absolute atomic E-state index is 11.2. The van der Waals surface area contributed by atoms with E-state index in [1.54, 1.807) is 7.05 Å². The Morgan fingerprint density at radius 1 is 0.778 bits per heavy atom. The van der Waals surface area contributed by atoms with Crippen LogP contribution in [-0.2, 0) is 19.2 Å². The van der Waals surface area contributed by atoms with E-state index < -0.39 is 17.7 Å². The van der Waals surface area contributed by atoms with Gasteiger partial charge in [0, 0.05) is 0 Å². The molecule has 0 saturated carbocycles. The lowest BCUT2D eigenvalue weighted by molar-refractivity contribution is -0.129. The highest BCUT2D eigenvalue weighted by molar-refractivity contribution is 5.98. The van der Waals surface area contributed by atoms with Gasteiger partial charge < -0.3 is 21.3 Å². The molecule has 0 radical (unpaired) electrons. The first-order valence-electron chi connectivity index (χ1n) is 5.39. The molecule has 0 fully saturated rings. The summed E-state index contributed by atoms with van der Waals surface area (Å²) in [7, 11) is 1.66. The molecule has 0 aliphatic carbocycles. The third-order valence-corrected chi connectivity index (χ3v) is 1.76. The SMILES string of the molecule is CNCNC(=O)CC(=O)NCNC(=O)CC(C)=O. The van der Waals surface area contributed by atoms with E-state index in [0.29, 0.717) is 0 Å². The average molecular weight is 258 g/mol. The fourth-order valence-corrected chi connectivity index (χ4v) is 0.988. The molecule has 0 spiro atoms. The van der Waals surface area contributed by atoms with Gasteiger partial charge in [-0.1, -0.05) is 0 Å². The number of carbonyl (C=O) groups is 4. The minimum absolute atomic E-state index is 0.107. The summed E-state index contributed by atoms with van der Waals surface area (Å²) in [6, 6.07) is 0. The molecular formula is C10H18N4O4. The third kappa shape index (κ3) is 9.28. The fraction of sp³-hybridized carbons (Fsp3) is 0.600. The summed E-state index contributed by atoms with van der Waals surface area (Å²) in [5, 5.41) is 9.80. The van der Waals surface area contributed by atoms with Crippen LogP contribution >= 0.6 is 0 Å². The Morgan fingerprint density at radius 2 is 1.22 bits per heavy atom. The van der Waals surface area contributed by atoms with E-state index in [1.807, 2.05) is 0 Å². The highest BCUT2D eigenvalue weighted by Crippen LogP contribution is 1.81. The van der Waals surface area contributed by atoms with Gasteiger partial charge in [-0.25, -0.2) is 0 Å². The van der Waals surface area contributed by atoms with Gasteiger partial charge in [-0.05, 0) is 14.0 Å². The van der Waals surface area contributed by atoms with E-state index in [1.165, 1.54) is 6.92 Å². The zero-order chi connectivity index (χ0) is 14.0. The molecule has 0 aromatic carbocycles. The Kier molecular flexibility index (Phi) is 8.12. The molecule has 0 aromatic rings. The van der Waals surface area contributed by atoms with E-state index in [4.69, 9.17) is 0 Å². The quantitative estimate of drug-likeness (QED) is 0.292. The molecule has 0 heterocycles. The molecule has 8 nitrogen and oxygen atoms in total. The molecule has 0 aromatic heterocycles. The molecule has 4 N–H and O–H groups in total. The van der Waals surface area contributed by atoms with Gasteiger partial charge in [-0.3, -0.25) is 19.2 Å². The van der Waals surface area contributed by atoms with Crippen molar-refractivity contribution in [2.75, 3.05) is 20.4 Å². The number of hydrogen-bond donors (Lipinski definition) is 4. The van der Waals surface area contributed by atoms with E-state index in [0.717, 1.165) is 0 Å². The van der Waals surface area contributed by atoms with Gasteiger partial charge in [0.2, 0.25) is 17.7 Å². The van der Waals surface area contributed by atoms with Gasteiger partial charge in [-0.2, -0.15) is 0 Å². The van der Waals surface area contributed by atoms with Crippen molar-refractivity contribution in [1.82, 2.24) is 21.3 Å². The Bertz CT molecular complexity index is 330. The first-order valence-corrected chi connectivity index (χ1v) is 5.39. The number of nitrogens with one attached hydrogen (secondary N) is 4. The first-order chi connectivity index (χ1) is 8.45. The second-order valence-electron chi connectivity index (χ2n) is 3.56. The monoisotopic (exact) mass is 258 g/mol. The van der Waals surface area contributed by atoms with Crippen molar-refractivity contribution in [3.8, 4) is 0 Å². The summed E-state index contributed by atoms with van der Waals surface area (Å²) in [6.45, 7) is 1.47. The normalized spacial score (nSPS) is 9.44. The maximum atomic E-state index is 11.2. The number of amides is 3. The minimum atomic E-state index is -0.508. The molecule has 0 aliphatic rings. The Labute approximate surface area is 105 Å². The van der Waals surface area contributed by atoms with E-state index >= 15 is 0 Å². The number of Topliss-reactive ketones (excluding diaryl/α,β-unsaturated/α-hetero) is 1. The van der Waals surface area contributed by atoms with Crippen molar-refractivity contribution in [2.45, 2.75) is 19.8 Å². The Hall–Kier alpha value is -1.96. The van der Waals surface area contributed by atoms with Crippen molar-refractivity contribution in [3.63, 3.8) is 0 Å². The summed E-state index contributed by atoms with van der Waals surface area (Å²) in [6.07, 6.45) is -0.539. The third-order valence-electron chi connectivity index (χ3n) is 1.76. The summed E-state index contributed by atoms with van der Waals surface area (Å²) < 4.78 is 0. The molecule has 0 aliphatic heterocycles. The molecule has 0 unspecified atom stereocenters. The standard InChI is InChI=1S/C10H18N4O4/c1-7(15)3-8(16)13-6-14-10(18)4-9(17)12-5-11-2/h11H,3-6H2,1-2H3,(H,12,17)(H,13,16)(H,14,18). The van der Waals surface area contributed by atoms with Crippen LogP contribution in [0.15, 0.2) is 0 Å². The van der Waals surface area contributed by atoms with Crippen LogP contribution in [0.5, 0.6) is 0 Å². The van der Waals surface area contributed by atoms with Gasteiger partial charge in [0.25, 0.3) is 0 Å². The highest BCUT2D eigenvalue weighted by Gasteiger charge is 2.09. The number of ketones is 1. The van der Waals surface area contributed by atoms with E-state index in [2.05, 4.69) is 21.3 Å². The summed E-state index contributed by atoms with van der Waals surface area (Å²) >= 11 is 0. The predicted octanol–water partition coefficient (Wildman–Crippen LogP) is -2.16. The molecule has 0 bridgehead atoms. The van der Waals surface area contributed by atoms with Crippen molar-refractivity contribution < 1.29 is 19.2 Å². The molecule has 8 heteroatoms. The topological polar surface area (TPSA) is 116 Å². The number of carbonyl (C=O) groups excluding carboxylic acids is 4. The van der Waals surface area contributed by atoms with Gasteiger partial charge in [-0.15, -0.1) is 0 Å². The van der Waals surface area contributed by atoms with E-state index in [-0.39, 0.29) is 32.0 Å². The fourth-order valence-electron chi connectivity index (χ4n) is 0.988. The summed E-state index contributed by atoms with van der Waals surface area (Å²) in [5.41, 5.74) is 0. The zero-order valence-corrected chi connectivity index (χ0v) is 10.5. The average Bonchev–Trinajstić information content (AvgIpc) is 2.25. The van der Waals surface area contributed by atoms with Crippen LogP contribution in [0.1, 0.15) is 19.8 Å². The molecule has 0 rings (SSSR count). The maximum Gasteiger partial charge on any atom is 0.230 e. The lowest BCUT2D eigenvalue weighted by Crippen LogP contribution is -2.40. The van der Waals surface area contributed by atoms with Gasteiger partial charge in [0.1, 0.15) is 12.2 Å². The van der Waals surface area contributed by atoms with Crippen LogP contribution in [0.3, 0.4) is 0 Å². The highest BCUT2D eigenvalue weighted by atomic mass is 16.2. The van der Waals surface area contributed by atoms with Gasteiger partial charge >= 0.3 is 0 Å². The van der Waals surface area contributed by atoms with Crippen LogP contribution in [0.25, 0.3) is 0 Å². The van der Waals surface area contributed by atoms with Crippen LogP contribution in [0, 0.1) is 0 Å². The summed E-state index contributed by atoms with van der Waals surface area (Å²) in [5.74, 6) is -1.66. The van der Waals surface area contributed by atoms with E-state index in [9.17, 15) is 19.2 Å².